The fourth-order valence-electron chi connectivity index (χ4n) is 3.70. The molecular weight excluding hydrogens is 340 g/mol. The first-order valence-electron chi connectivity index (χ1n) is 9.03. The largest absolute Gasteiger partial charge is 0.327 e. The van der Waals surface area contributed by atoms with E-state index >= 15 is 0 Å². The molecule has 1 unspecified atom stereocenters. The molecule has 134 valence electrons. The van der Waals surface area contributed by atoms with E-state index in [-0.39, 0.29) is 11.9 Å². The zero-order chi connectivity index (χ0) is 18.2. The summed E-state index contributed by atoms with van der Waals surface area (Å²) in [5, 5.41) is 15.4. The van der Waals surface area contributed by atoms with Gasteiger partial charge in [0.1, 0.15) is 5.82 Å². The van der Waals surface area contributed by atoms with Gasteiger partial charge in [0, 0.05) is 17.5 Å². The number of H-pyrrole nitrogens is 2. The highest BCUT2D eigenvalue weighted by Gasteiger charge is 2.34. The summed E-state index contributed by atoms with van der Waals surface area (Å²) in [4.78, 5) is 19.7. The number of amides is 1. The zero-order valence-electron chi connectivity index (χ0n) is 14.6. The third kappa shape index (κ3) is 2.68. The summed E-state index contributed by atoms with van der Waals surface area (Å²) in [6.45, 7) is 0.687. The van der Waals surface area contributed by atoms with Crippen LogP contribution >= 0.6 is 0 Å². The standard InChI is InChI=1S/C20H18N6O/c27-20(17-14-9-4-5-10-15(14)22-23-17)26-12-6-11-16(26)19-21-18(24-25-19)13-7-2-1-3-8-13/h1-5,7-10,16H,6,11-12H2,(H,22,23)(H,21,24,25). The molecule has 7 nitrogen and oxygen atoms in total. The molecule has 1 atom stereocenters. The molecule has 2 aromatic carbocycles. The Morgan fingerprint density at radius 3 is 2.70 bits per heavy atom. The number of nitrogens with zero attached hydrogens (tertiary/aromatic N) is 4. The van der Waals surface area contributed by atoms with Crippen molar-refractivity contribution in [3.63, 3.8) is 0 Å². The van der Waals surface area contributed by atoms with E-state index in [1.165, 1.54) is 0 Å². The van der Waals surface area contributed by atoms with Crippen molar-refractivity contribution in [2.75, 3.05) is 6.54 Å². The lowest BCUT2D eigenvalue weighted by atomic mass is 10.1. The Labute approximate surface area is 155 Å². The topological polar surface area (TPSA) is 90.6 Å². The summed E-state index contributed by atoms with van der Waals surface area (Å²) in [5.41, 5.74) is 2.28. The molecule has 1 saturated heterocycles. The first kappa shape index (κ1) is 15.7. The minimum absolute atomic E-state index is 0.0763. The van der Waals surface area contributed by atoms with Gasteiger partial charge in [0.15, 0.2) is 11.5 Å². The van der Waals surface area contributed by atoms with E-state index in [4.69, 9.17) is 0 Å². The molecule has 1 fully saturated rings. The molecule has 2 N–H and O–H groups in total. The number of para-hydroxylation sites is 1. The van der Waals surface area contributed by atoms with Crippen molar-refractivity contribution in [2.24, 2.45) is 0 Å². The maximum Gasteiger partial charge on any atom is 0.275 e. The predicted octanol–water partition coefficient (Wildman–Crippen LogP) is 3.33. The van der Waals surface area contributed by atoms with Gasteiger partial charge in [-0.3, -0.25) is 15.0 Å². The van der Waals surface area contributed by atoms with Crippen LogP contribution in [0, 0.1) is 0 Å². The SMILES string of the molecule is O=C(c1n[nH]c2ccccc12)N1CCCC1c1nc(-c2ccccc2)n[nH]1. The van der Waals surface area contributed by atoms with Gasteiger partial charge in [0.25, 0.3) is 5.91 Å². The Kier molecular flexibility index (Phi) is 3.71. The average molecular weight is 358 g/mol. The van der Waals surface area contributed by atoms with Crippen molar-refractivity contribution in [3.8, 4) is 11.4 Å². The van der Waals surface area contributed by atoms with Gasteiger partial charge in [-0.15, -0.1) is 0 Å². The molecule has 3 heterocycles. The Morgan fingerprint density at radius 2 is 1.81 bits per heavy atom. The molecule has 5 rings (SSSR count). The smallest absolute Gasteiger partial charge is 0.275 e. The number of aromatic nitrogens is 5. The molecule has 4 aromatic rings. The first-order valence-corrected chi connectivity index (χ1v) is 9.03. The normalized spacial score (nSPS) is 16.9. The van der Waals surface area contributed by atoms with E-state index in [0.29, 0.717) is 18.1 Å². The number of carbonyl (C=O) groups is 1. The predicted molar refractivity (Wildman–Crippen MR) is 101 cm³/mol. The van der Waals surface area contributed by atoms with E-state index in [0.717, 1.165) is 35.1 Å². The van der Waals surface area contributed by atoms with Gasteiger partial charge in [-0.2, -0.15) is 10.2 Å². The van der Waals surface area contributed by atoms with Crippen LogP contribution < -0.4 is 0 Å². The lowest BCUT2D eigenvalue weighted by Gasteiger charge is -2.22. The van der Waals surface area contributed by atoms with Crippen LogP contribution in [0.5, 0.6) is 0 Å². The molecule has 2 aromatic heterocycles. The lowest BCUT2D eigenvalue weighted by molar-refractivity contribution is 0.0726. The molecule has 1 aliphatic heterocycles. The molecular formula is C20H18N6O. The monoisotopic (exact) mass is 358 g/mol. The number of fused-ring (bicyclic) bond motifs is 1. The van der Waals surface area contributed by atoms with Crippen LogP contribution in [-0.4, -0.2) is 42.7 Å². The van der Waals surface area contributed by atoms with Crippen molar-refractivity contribution < 1.29 is 4.79 Å². The van der Waals surface area contributed by atoms with Crippen molar-refractivity contribution in [3.05, 3.63) is 66.1 Å². The number of carbonyl (C=O) groups excluding carboxylic acids is 1. The van der Waals surface area contributed by atoms with Crippen molar-refractivity contribution in [1.82, 2.24) is 30.3 Å². The van der Waals surface area contributed by atoms with Gasteiger partial charge < -0.3 is 4.90 Å². The number of hydrogen-bond donors (Lipinski definition) is 2. The van der Waals surface area contributed by atoms with Crippen molar-refractivity contribution in [1.29, 1.82) is 0 Å². The second-order valence-electron chi connectivity index (χ2n) is 6.68. The Morgan fingerprint density at radius 1 is 1.00 bits per heavy atom. The van der Waals surface area contributed by atoms with Crippen LogP contribution in [-0.2, 0) is 0 Å². The molecule has 27 heavy (non-hydrogen) atoms. The van der Waals surface area contributed by atoms with Gasteiger partial charge in [-0.1, -0.05) is 48.5 Å². The van der Waals surface area contributed by atoms with E-state index in [2.05, 4.69) is 25.4 Å². The van der Waals surface area contributed by atoms with Crippen LogP contribution in [0.2, 0.25) is 0 Å². The van der Waals surface area contributed by atoms with Crippen molar-refractivity contribution in [2.45, 2.75) is 18.9 Å². The lowest BCUT2D eigenvalue weighted by Crippen LogP contribution is -2.31. The summed E-state index contributed by atoms with van der Waals surface area (Å²) in [5.74, 6) is 1.29. The van der Waals surface area contributed by atoms with Gasteiger partial charge in [-0.25, -0.2) is 4.98 Å². The number of likely N-dealkylation sites (tertiary alicyclic amines) is 1. The van der Waals surface area contributed by atoms with Gasteiger partial charge in [0.2, 0.25) is 0 Å². The summed E-state index contributed by atoms with van der Waals surface area (Å²) in [6.07, 6.45) is 1.79. The Balaban J connectivity index is 1.45. The van der Waals surface area contributed by atoms with Crippen LogP contribution in [0.25, 0.3) is 22.3 Å². The minimum Gasteiger partial charge on any atom is -0.327 e. The van der Waals surface area contributed by atoms with Gasteiger partial charge >= 0.3 is 0 Å². The molecule has 1 aliphatic rings. The molecule has 1 amide bonds. The van der Waals surface area contributed by atoms with E-state index in [1.54, 1.807) is 0 Å². The molecule has 0 saturated carbocycles. The third-order valence-corrected chi connectivity index (χ3v) is 5.04. The second-order valence-corrected chi connectivity index (χ2v) is 6.68. The fourth-order valence-corrected chi connectivity index (χ4v) is 3.70. The molecule has 0 radical (unpaired) electrons. The third-order valence-electron chi connectivity index (χ3n) is 5.04. The number of aromatic amines is 2. The minimum atomic E-state index is -0.113. The van der Waals surface area contributed by atoms with Crippen LogP contribution in [0.1, 0.15) is 35.2 Å². The van der Waals surface area contributed by atoms with Gasteiger partial charge in [0.05, 0.1) is 11.6 Å². The summed E-state index contributed by atoms with van der Waals surface area (Å²) < 4.78 is 0. The number of nitrogens with one attached hydrogen (secondary N) is 2. The zero-order valence-corrected chi connectivity index (χ0v) is 14.6. The van der Waals surface area contributed by atoms with E-state index in [1.807, 2.05) is 59.5 Å². The highest BCUT2D eigenvalue weighted by atomic mass is 16.2. The highest BCUT2D eigenvalue weighted by Crippen LogP contribution is 2.32. The quantitative estimate of drug-likeness (QED) is 0.588. The molecule has 0 aliphatic carbocycles. The number of benzene rings is 2. The summed E-state index contributed by atoms with van der Waals surface area (Å²) in [6, 6.07) is 17.4. The van der Waals surface area contributed by atoms with Crippen LogP contribution in [0.4, 0.5) is 0 Å². The van der Waals surface area contributed by atoms with Gasteiger partial charge in [-0.05, 0) is 18.9 Å². The second kappa shape index (κ2) is 6.35. The molecule has 7 heteroatoms. The van der Waals surface area contributed by atoms with E-state index in [9.17, 15) is 4.79 Å². The first-order chi connectivity index (χ1) is 13.3. The number of hydrogen-bond acceptors (Lipinski definition) is 4. The Hall–Kier alpha value is -3.48. The maximum atomic E-state index is 13.2. The molecule has 0 spiro atoms. The molecule has 0 bridgehead atoms. The number of rotatable bonds is 3. The summed E-state index contributed by atoms with van der Waals surface area (Å²) in [7, 11) is 0. The average Bonchev–Trinajstić information content (AvgIpc) is 3.46. The van der Waals surface area contributed by atoms with E-state index < -0.39 is 0 Å². The van der Waals surface area contributed by atoms with Crippen LogP contribution in [0.3, 0.4) is 0 Å². The Bertz CT molecular complexity index is 1100. The summed E-state index contributed by atoms with van der Waals surface area (Å²) >= 11 is 0. The maximum absolute atomic E-state index is 13.2. The highest BCUT2D eigenvalue weighted by molar-refractivity contribution is 6.04. The van der Waals surface area contributed by atoms with Crippen LogP contribution in [0.15, 0.2) is 54.6 Å². The fraction of sp³-hybridized carbons (Fsp3) is 0.200. The van der Waals surface area contributed by atoms with Crippen molar-refractivity contribution >= 4 is 16.8 Å².